The summed E-state index contributed by atoms with van der Waals surface area (Å²) in [6, 6.07) is 66.1. The molecule has 58 heavy (non-hydrogen) atoms. The fraction of sp³-hybridized carbons (Fsp3) is 0.0377. The first-order valence-corrected chi connectivity index (χ1v) is 19.8. The van der Waals surface area contributed by atoms with Gasteiger partial charge >= 0.3 is 0 Å². The van der Waals surface area contributed by atoms with Crippen LogP contribution < -0.4 is 0 Å². The van der Waals surface area contributed by atoms with E-state index in [1.165, 1.54) is 27.4 Å². The minimum Gasteiger partial charge on any atom is -0.455 e. The maximum atomic E-state index is 6.91. The van der Waals surface area contributed by atoms with Crippen LogP contribution in [0.15, 0.2) is 202 Å². The number of para-hydroxylation sites is 3. The molecular weight excluding hydrogens is 709 g/mol. The molecule has 0 fully saturated rings. The largest absolute Gasteiger partial charge is 0.455 e. The predicted octanol–water partition coefficient (Wildman–Crippen LogP) is 13.4. The molecule has 1 aliphatic rings. The van der Waals surface area contributed by atoms with E-state index in [1.54, 1.807) is 0 Å². The van der Waals surface area contributed by atoms with Crippen molar-refractivity contribution >= 4 is 77.0 Å². The Balaban J connectivity index is 1.03. The highest BCUT2D eigenvalue weighted by Gasteiger charge is 2.24. The van der Waals surface area contributed by atoms with Gasteiger partial charge in [-0.05, 0) is 65.7 Å². The Morgan fingerprint density at radius 3 is 2.02 bits per heavy atom. The quantitative estimate of drug-likeness (QED) is 0.165. The lowest BCUT2D eigenvalue weighted by molar-refractivity contribution is 0.672. The minimum absolute atomic E-state index is 0.0874. The molecule has 0 radical (unpaired) electrons. The third-order valence-electron chi connectivity index (χ3n) is 11.7. The molecule has 0 amide bonds. The SMILES string of the molecule is c1ccc(-c2nc3ccccc3c3c2ccc2c4ccc(C5=NC(c6ccccc6)CC(c6ccc7c(c6)c6ccccc6n7-c6ccccc6)=N5)cc4oc23)cc1. The number of fused-ring (bicyclic) bond motifs is 10. The van der Waals surface area contributed by atoms with E-state index in [9.17, 15) is 0 Å². The van der Waals surface area contributed by atoms with Crippen molar-refractivity contribution in [2.24, 2.45) is 9.98 Å². The van der Waals surface area contributed by atoms with Crippen molar-refractivity contribution in [3.63, 3.8) is 0 Å². The number of hydrogen-bond donors (Lipinski definition) is 0. The average molecular weight is 743 g/mol. The van der Waals surface area contributed by atoms with E-state index in [0.29, 0.717) is 12.3 Å². The smallest absolute Gasteiger partial charge is 0.155 e. The summed E-state index contributed by atoms with van der Waals surface area (Å²) >= 11 is 0. The van der Waals surface area contributed by atoms with Gasteiger partial charge in [0.2, 0.25) is 0 Å². The lowest BCUT2D eigenvalue weighted by Crippen LogP contribution is -2.17. The lowest BCUT2D eigenvalue weighted by Gasteiger charge is -2.21. The van der Waals surface area contributed by atoms with Gasteiger partial charge in [0.15, 0.2) is 5.84 Å². The summed E-state index contributed by atoms with van der Waals surface area (Å²) in [5.74, 6) is 0.704. The van der Waals surface area contributed by atoms with E-state index in [0.717, 1.165) is 77.4 Å². The van der Waals surface area contributed by atoms with Gasteiger partial charge in [0.25, 0.3) is 0 Å². The first-order valence-electron chi connectivity index (χ1n) is 19.8. The molecular formula is C53H34N4O. The van der Waals surface area contributed by atoms with Crippen LogP contribution in [0.5, 0.6) is 0 Å². The summed E-state index contributed by atoms with van der Waals surface area (Å²) in [4.78, 5) is 15.8. The third-order valence-corrected chi connectivity index (χ3v) is 11.7. The Bertz CT molecular complexity index is 3470. The number of furan rings is 1. The monoisotopic (exact) mass is 742 g/mol. The zero-order valence-corrected chi connectivity index (χ0v) is 31.4. The number of benzene rings is 8. The maximum absolute atomic E-state index is 6.91. The van der Waals surface area contributed by atoms with Crippen molar-refractivity contribution < 1.29 is 4.42 Å². The van der Waals surface area contributed by atoms with E-state index >= 15 is 0 Å². The van der Waals surface area contributed by atoms with Gasteiger partial charge in [0.05, 0.1) is 34.0 Å². The zero-order chi connectivity index (χ0) is 38.2. The molecule has 5 nitrogen and oxygen atoms in total. The zero-order valence-electron chi connectivity index (χ0n) is 31.4. The molecule has 5 heteroatoms. The van der Waals surface area contributed by atoms with Gasteiger partial charge in [-0.3, -0.25) is 4.99 Å². The van der Waals surface area contributed by atoms with Crippen LogP contribution >= 0.6 is 0 Å². The van der Waals surface area contributed by atoms with Crippen LogP contribution in [-0.4, -0.2) is 21.1 Å². The normalized spacial score (nSPS) is 14.5. The second-order valence-corrected chi connectivity index (χ2v) is 15.1. The summed E-state index contributed by atoms with van der Waals surface area (Å²) in [6.07, 6.45) is 0.695. The van der Waals surface area contributed by atoms with Crippen LogP contribution in [0.1, 0.15) is 29.2 Å². The van der Waals surface area contributed by atoms with E-state index in [1.807, 2.05) is 12.1 Å². The van der Waals surface area contributed by atoms with Crippen LogP contribution in [0.25, 0.3) is 82.4 Å². The Morgan fingerprint density at radius 1 is 0.500 bits per heavy atom. The number of amidine groups is 1. The molecule has 0 aliphatic carbocycles. The number of rotatable bonds is 5. The van der Waals surface area contributed by atoms with Gasteiger partial charge in [-0.25, -0.2) is 9.98 Å². The molecule has 1 atom stereocenters. The molecule has 3 aromatic heterocycles. The van der Waals surface area contributed by atoms with E-state index in [2.05, 4.69) is 180 Å². The van der Waals surface area contributed by atoms with Crippen LogP contribution in [0.2, 0.25) is 0 Å². The number of nitrogens with zero attached hydrogens (tertiary/aromatic N) is 4. The first kappa shape index (κ1) is 32.6. The number of pyridine rings is 1. The standard InChI is InChI=1S/C53H34N4O/c1-4-14-33(15-5-1)45-32-46(35-25-29-48-43(30-35)38-20-11-13-23-47(38)57(48)37-18-8-3-9-19-37)56-53(55-45)36-24-26-39-40-27-28-42-50(52(40)58-49(39)31-36)41-21-10-12-22-44(41)54-51(42)34-16-6-2-7-17-34/h1-31,45H,32H2. The molecule has 11 aromatic rings. The third kappa shape index (κ3) is 5.14. The Labute approximate surface area is 333 Å². The van der Waals surface area contributed by atoms with Gasteiger partial charge in [-0.1, -0.05) is 133 Å². The first-order chi connectivity index (χ1) is 28.7. The lowest BCUT2D eigenvalue weighted by atomic mass is 9.95. The van der Waals surface area contributed by atoms with Crippen LogP contribution in [0.4, 0.5) is 0 Å². The minimum atomic E-state index is -0.0874. The molecule has 0 saturated carbocycles. The molecule has 4 heterocycles. The Kier molecular flexibility index (Phi) is 7.29. The predicted molar refractivity (Wildman–Crippen MR) is 240 cm³/mol. The van der Waals surface area contributed by atoms with Crippen LogP contribution in [0.3, 0.4) is 0 Å². The molecule has 0 bridgehead atoms. The molecule has 0 saturated heterocycles. The van der Waals surface area contributed by atoms with E-state index in [4.69, 9.17) is 19.4 Å². The van der Waals surface area contributed by atoms with Gasteiger partial charge in [-0.2, -0.15) is 0 Å². The molecule has 1 aliphatic heterocycles. The average Bonchev–Trinajstić information content (AvgIpc) is 3.84. The fourth-order valence-corrected chi connectivity index (χ4v) is 9.00. The van der Waals surface area contributed by atoms with Crippen molar-refractivity contribution in [1.82, 2.24) is 9.55 Å². The van der Waals surface area contributed by atoms with Crippen molar-refractivity contribution in [1.29, 1.82) is 0 Å². The van der Waals surface area contributed by atoms with Gasteiger partial charge in [0, 0.05) is 60.9 Å². The summed E-state index contributed by atoms with van der Waals surface area (Å²) in [7, 11) is 0. The molecule has 272 valence electrons. The van der Waals surface area contributed by atoms with E-state index < -0.39 is 0 Å². The summed E-state index contributed by atoms with van der Waals surface area (Å²) in [5.41, 5.74) is 12.3. The number of aromatic nitrogens is 2. The molecule has 0 N–H and O–H groups in total. The van der Waals surface area contributed by atoms with Crippen molar-refractivity contribution in [3.05, 3.63) is 205 Å². The van der Waals surface area contributed by atoms with Crippen LogP contribution in [0, 0.1) is 0 Å². The van der Waals surface area contributed by atoms with E-state index in [-0.39, 0.29) is 6.04 Å². The fourth-order valence-electron chi connectivity index (χ4n) is 9.00. The van der Waals surface area contributed by atoms with Gasteiger partial charge in [-0.15, -0.1) is 0 Å². The number of aliphatic imine (C=N–C) groups is 2. The highest BCUT2D eigenvalue weighted by Crippen LogP contribution is 2.41. The second kappa shape index (κ2) is 13.0. The van der Waals surface area contributed by atoms with Crippen LogP contribution in [-0.2, 0) is 0 Å². The Hall–Kier alpha value is -7.63. The highest BCUT2D eigenvalue weighted by molar-refractivity contribution is 6.25. The second-order valence-electron chi connectivity index (χ2n) is 15.1. The number of hydrogen-bond acceptors (Lipinski definition) is 4. The summed E-state index contributed by atoms with van der Waals surface area (Å²) in [5, 5.41) is 7.76. The summed E-state index contributed by atoms with van der Waals surface area (Å²) in [6.45, 7) is 0. The van der Waals surface area contributed by atoms with Gasteiger partial charge in [0.1, 0.15) is 11.2 Å². The topological polar surface area (TPSA) is 55.7 Å². The van der Waals surface area contributed by atoms with Crippen molar-refractivity contribution in [3.8, 4) is 16.9 Å². The molecule has 8 aromatic carbocycles. The maximum Gasteiger partial charge on any atom is 0.155 e. The molecule has 12 rings (SSSR count). The Morgan fingerprint density at radius 2 is 1.17 bits per heavy atom. The summed E-state index contributed by atoms with van der Waals surface area (Å²) < 4.78 is 9.26. The van der Waals surface area contributed by atoms with Crippen molar-refractivity contribution in [2.45, 2.75) is 12.5 Å². The van der Waals surface area contributed by atoms with Gasteiger partial charge < -0.3 is 8.98 Å². The highest BCUT2D eigenvalue weighted by atomic mass is 16.3. The van der Waals surface area contributed by atoms with Crippen molar-refractivity contribution in [2.75, 3.05) is 0 Å². The molecule has 0 spiro atoms. The molecule has 1 unspecified atom stereocenters.